The van der Waals surface area contributed by atoms with E-state index in [1.807, 2.05) is 61.5 Å². The standard InChI is InChI=1S/C22H21N3O3/c1-14-15-7-3-4-9-17(15)25-20(24-14)13-28-22-16(8-5-10-19(22)26-2)21(23)18-11-6-12-27-18/h3-12,21H,13,23H2,1-2H3. The van der Waals surface area contributed by atoms with Crippen LogP contribution in [0.1, 0.15) is 28.9 Å². The molecule has 6 heteroatoms. The van der Waals surface area contributed by atoms with Crippen molar-refractivity contribution in [2.45, 2.75) is 19.6 Å². The fourth-order valence-corrected chi connectivity index (χ4v) is 3.21. The quantitative estimate of drug-likeness (QED) is 0.545. The van der Waals surface area contributed by atoms with E-state index in [-0.39, 0.29) is 6.61 Å². The highest BCUT2D eigenvalue weighted by Crippen LogP contribution is 2.37. The first-order valence-electron chi connectivity index (χ1n) is 8.98. The minimum Gasteiger partial charge on any atom is -0.493 e. The van der Waals surface area contributed by atoms with Crippen molar-refractivity contribution in [3.05, 3.63) is 83.7 Å². The van der Waals surface area contributed by atoms with Crippen molar-refractivity contribution in [2.75, 3.05) is 7.11 Å². The zero-order valence-electron chi connectivity index (χ0n) is 15.8. The van der Waals surface area contributed by atoms with E-state index < -0.39 is 6.04 Å². The van der Waals surface area contributed by atoms with Gasteiger partial charge in [0.05, 0.1) is 24.9 Å². The van der Waals surface area contributed by atoms with Gasteiger partial charge in [0.1, 0.15) is 12.4 Å². The minimum atomic E-state index is -0.473. The van der Waals surface area contributed by atoms with Crippen LogP contribution in [0.2, 0.25) is 0 Å². The fourth-order valence-electron chi connectivity index (χ4n) is 3.21. The van der Waals surface area contributed by atoms with Gasteiger partial charge < -0.3 is 19.6 Å². The van der Waals surface area contributed by atoms with Crippen LogP contribution in [0.5, 0.6) is 11.5 Å². The Morgan fingerprint density at radius 1 is 1.04 bits per heavy atom. The van der Waals surface area contributed by atoms with Crippen molar-refractivity contribution in [1.82, 2.24) is 9.97 Å². The van der Waals surface area contributed by atoms with Crippen molar-refractivity contribution < 1.29 is 13.9 Å². The number of hydrogen-bond donors (Lipinski definition) is 1. The highest BCUT2D eigenvalue weighted by atomic mass is 16.5. The molecule has 0 radical (unpaired) electrons. The molecule has 1 unspecified atom stereocenters. The number of nitrogens with two attached hydrogens (primary N) is 1. The molecular formula is C22H21N3O3. The fraction of sp³-hybridized carbons (Fsp3) is 0.182. The normalized spacial score (nSPS) is 12.1. The summed E-state index contributed by atoms with van der Waals surface area (Å²) in [5, 5.41) is 1.03. The lowest BCUT2D eigenvalue weighted by molar-refractivity contribution is 0.272. The zero-order valence-corrected chi connectivity index (χ0v) is 15.8. The molecule has 2 N–H and O–H groups in total. The maximum Gasteiger partial charge on any atom is 0.167 e. The third-order valence-electron chi connectivity index (χ3n) is 4.60. The van der Waals surface area contributed by atoms with Crippen molar-refractivity contribution >= 4 is 10.9 Å². The van der Waals surface area contributed by atoms with Gasteiger partial charge in [0, 0.05) is 16.6 Å². The number of ether oxygens (including phenoxy) is 2. The smallest absolute Gasteiger partial charge is 0.167 e. The Morgan fingerprint density at radius 3 is 2.68 bits per heavy atom. The highest BCUT2D eigenvalue weighted by molar-refractivity contribution is 5.80. The molecule has 28 heavy (non-hydrogen) atoms. The lowest BCUT2D eigenvalue weighted by Crippen LogP contribution is -2.14. The first kappa shape index (κ1) is 18.0. The van der Waals surface area contributed by atoms with Crippen molar-refractivity contribution in [2.24, 2.45) is 5.73 Å². The second-order valence-electron chi connectivity index (χ2n) is 6.40. The van der Waals surface area contributed by atoms with E-state index in [0.29, 0.717) is 23.1 Å². The van der Waals surface area contributed by atoms with Gasteiger partial charge in [0.25, 0.3) is 0 Å². The Hall–Kier alpha value is -3.38. The molecule has 1 atom stereocenters. The number of hydrogen-bond acceptors (Lipinski definition) is 6. The maximum absolute atomic E-state index is 6.39. The minimum absolute atomic E-state index is 0.198. The first-order chi connectivity index (χ1) is 13.7. The number of aromatic nitrogens is 2. The summed E-state index contributed by atoms with van der Waals surface area (Å²) in [6, 6.07) is 16.7. The van der Waals surface area contributed by atoms with Gasteiger partial charge in [-0.1, -0.05) is 30.3 Å². The number of aryl methyl sites for hydroxylation is 1. The van der Waals surface area contributed by atoms with Crippen LogP contribution in [0.15, 0.2) is 65.3 Å². The Bertz CT molecular complexity index is 1090. The van der Waals surface area contributed by atoms with Gasteiger partial charge in [0.2, 0.25) is 0 Å². The van der Waals surface area contributed by atoms with E-state index in [9.17, 15) is 0 Å². The molecule has 0 aliphatic heterocycles. The van der Waals surface area contributed by atoms with Crippen molar-refractivity contribution in [3.63, 3.8) is 0 Å². The summed E-state index contributed by atoms with van der Waals surface area (Å²) in [5.41, 5.74) is 8.97. The van der Waals surface area contributed by atoms with Gasteiger partial charge in [-0.05, 0) is 31.2 Å². The van der Waals surface area contributed by atoms with Gasteiger partial charge in [-0.15, -0.1) is 0 Å². The number of furan rings is 1. The SMILES string of the molecule is COc1cccc(C(N)c2ccco2)c1OCc1nc(C)c2ccccc2n1. The second-order valence-corrected chi connectivity index (χ2v) is 6.40. The lowest BCUT2D eigenvalue weighted by atomic mass is 10.0. The first-order valence-corrected chi connectivity index (χ1v) is 8.98. The van der Waals surface area contributed by atoms with Crippen LogP contribution >= 0.6 is 0 Å². The second kappa shape index (κ2) is 7.70. The summed E-state index contributed by atoms with van der Waals surface area (Å²) >= 11 is 0. The summed E-state index contributed by atoms with van der Waals surface area (Å²) in [5.74, 6) is 2.40. The van der Waals surface area contributed by atoms with Crippen LogP contribution in [0, 0.1) is 6.92 Å². The molecule has 4 rings (SSSR count). The highest BCUT2D eigenvalue weighted by Gasteiger charge is 2.20. The van der Waals surface area contributed by atoms with Gasteiger partial charge in [-0.25, -0.2) is 9.97 Å². The number of nitrogens with zero attached hydrogens (tertiary/aromatic N) is 2. The molecule has 6 nitrogen and oxygen atoms in total. The summed E-state index contributed by atoms with van der Waals surface area (Å²) in [7, 11) is 1.60. The number of para-hydroxylation sites is 2. The summed E-state index contributed by atoms with van der Waals surface area (Å²) in [4.78, 5) is 9.17. The summed E-state index contributed by atoms with van der Waals surface area (Å²) < 4.78 is 17.0. The van der Waals surface area contributed by atoms with Crippen LogP contribution in [0.4, 0.5) is 0 Å². The van der Waals surface area contributed by atoms with Crippen LogP contribution in [0.25, 0.3) is 10.9 Å². The van der Waals surface area contributed by atoms with Gasteiger partial charge in [0.15, 0.2) is 17.3 Å². The number of methoxy groups -OCH3 is 1. The average Bonchev–Trinajstić information content (AvgIpc) is 3.26. The molecule has 0 fully saturated rings. The third-order valence-corrected chi connectivity index (χ3v) is 4.60. The Balaban J connectivity index is 1.66. The molecule has 0 aliphatic carbocycles. The number of rotatable bonds is 6. The van der Waals surface area contributed by atoms with Gasteiger partial charge >= 0.3 is 0 Å². The van der Waals surface area contributed by atoms with E-state index in [4.69, 9.17) is 19.6 Å². The molecule has 0 aliphatic rings. The largest absolute Gasteiger partial charge is 0.493 e. The number of fused-ring (bicyclic) bond motifs is 1. The molecule has 0 saturated heterocycles. The van der Waals surface area contributed by atoms with Crippen LogP contribution in [-0.4, -0.2) is 17.1 Å². The van der Waals surface area contributed by atoms with E-state index >= 15 is 0 Å². The van der Waals surface area contributed by atoms with Gasteiger partial charge in [-0.3, -0.25) is 0 Å². The molecule has 0 bridgehead atoms. The molecule has 0 saturated carbocycles. The topological polar surface area (TPSA) is 83.4 Å². The summed E-state index contributed by atoms with van der Waals surface area (Å²) in [6.07, 6.45) is 1.60. The maximum atomic E-state index is 6.39. The molecule has 2 heterocycles. The molecule has 0 spiro atoms. The average molecular weight is 375 g/mol. The van der Waals surface area contributed by atoms with Gasteiger partial charge in [-0.2, -0.15) is 0 Å². The Labute approximate surface area is 162 Å². The lowest BCUT2D eigenvalue weighted by Gasteiger charge is -2.18. The van der Waals surface area contributed by atoms with Crippen LogP contribution < -0.4 is 15.2 Å². The van der Waals surface area contributed by atoms with Crippen LogP contribution in [0.3, 0.4) is 0 Å². The van der Waals surface area contributed by atoms with E-state index in [1.54, 1.807) is 13.4 Å². The number of benzene rings is 2. The van der Waals surface area contributed by atoms with Crippen molar-refractivity contribution in [1.29, 1.82) is 0 Å². The molecule has 2 aromatic carbocycles. The molecule has 0 amide bonds. The Kier molecular flexibility index (Phi) is 4.95. The predicted molar refractivity (Wildman–Crippen MR) is 106 cm³/mol. The third kappa shape index (κ3) is 3.42. The van der Waals surface area contributed by atoms with Crippen molar-refractivity contribution in [3.8, 4) is 11.5 Å². The molecule has 4 aromatic rings. The molecule has 142 valence electrons. The summed E-state index contributed by atoms with van der Waals surface area (Å²) in [6.45, 7) is 2.17. The zero-order chi connectivity index (χ0) is 19.5. The van der Waals surface area contributed by atoms with Crippen LogP contribution in [-0.2, 0) is 6.61 Å². The predicted octanol–water partition coefficient (Wildman–Crippen LogP) is 4.17. The Morgan fingerprint density at radius 2 is 1.89 bits per heavy atom. The van der Waals surface area contributed by atoms with E-state index in [2.05, 4.69) is 9.97 Å². The monoisotopic (exact) mass is 375 g/mol. The van der Waals surface area contributed by atoms with E-state index in [1.165, 1.54) is 0 Å². The molecule has 2 aromatic heterocycles. The van der Waals surface area contributed by atoms with E-state index in [0.717, 1.165) is 22.2 Å². The molecular weight excluding hydrogens is 354 g/mol.